The Bertz CT molecular complexity index is 551. The Morgan fingerprint density at radius 3 is 2.81 bits per heavy atom. The van der Waals surface area contributed by atoms with Crippen molar-refractivity contribution in [1.82, 2.24) is 4.90 Å². The molecule has 0 saturated carbocycles. The van der Waals surface area contributed by atoms with E-state index in [9.17, 15) is 9.59 Å². The number of primary amides is 1. The lowest BCUT2D eigenvalue weighted by molar-refractivity contribution is -0.131. The van der Waals surface area contributed by atoms with Gasteiger partial charge < -0.3 is 15.4 Å². The van der Waals surface area contributed by atoms with E-state index in [1.807, 2.05) is 0 Å². The van der Waals surface area contributed by atoms with Gasteiger partial charge in [-0.15, -0.1) is 0 Å². The van der Waals surface area contributed by atoms with Crippen molar-refractivity contribution in [3.8, 4) is 5.75 Å². The molecule has 1 aromatic carbocycles. The lowest BCUT2D eigenvalue weighted by atomic mass is 10.1. The summed E-state index contributed by atoms with van der Waals surface area (Å²) in [6, 6.07) is 5.08. The van der Waals surface area contributed by atoms with Gasteiger partial charge in [-0.05, 0) is 18.6 Å². The Labute approximate surface area is 132 Å². The van der Waals surface area contributed by atoms with Gasteiger partial charge in [0.1, 0.15) is 10.8 Å². The Hall–Kier alpha value is -1.46. The van der Waals surface area contributed by atoms with Crippen LogP contribution in [0, 0.1) is 5.92 Å². The van der Waals surface area contributed by atoms with Crippen molar-refractivity contribution in [2.24, 2.45) is 11.7 Å². The van der Waals surface area contributed by atoms with Crippen LogP contribution in [-0.2, 0) is 9.59 Å². The molecule has 2 rings (SSSR count). The fourth-order valence-corrected chi connectivity index (χ4v) is 2.57. The molecule has 0 aromatic heterocycles. The van der Waals surface area contributed by atoms with E-state index in [0.717, 1.165) is 0 Å². The van der Waals surface area contributed by atoms with Gasteiger partial charge in [0.25, 0.3) is 0 Å². The number of ether oxygens (including phenoxy) is 1. The molecule has 5 nitrogen and oxygen atoms in total. The van der Waals surface area contributed by atoms with Gasteiger partial charge in [-0.1, -0.05) is 29.3 Å². The second-order valence-electron chi connectivity index (χ2n) is 4.88. The van der Waals surface area contributed by atoms with Crippen LogP contribution >= 0.6 is 23.2 Å². The van der Waals surface area contributed by atoms with Gasteiger partial charge in [-0.2, -0.15) is 0 Å². The maximum absolute atomic E-state index is 12.0. The van der Waals surface area contributed by atoms with E-state index in [-0.39, 0.29) is 30.8 Å². The van der Waals surface area contributed by atoms with Crippen molar-refractivity contribution < 1.29 is 14.3 Å². The number of amides is 2. The third kappa shape index (κ3) is 4.02. The van der Waals surface area contributed by atoms with E-state index in [2.05, 4.69) is 0 Å². The number of nitrogens with zero attached hydrogens (tertiary/aromatic N) is 1. The first-order chi connectivity index (χ1) is 9.99. The molecule has 1 heterocycles. The highest BCUT2D eigenvalue weighted by Crippen LogP contribution is 2.31. The summed E-state index contributed by atoms with van der Waals surface area (Å²) in [5.41, 5.74) is 5.24. The summed E-state index contributed by atoms with van der Waals surface area (Å²) < 4.78 is 5.47. The van der Waals surface area contributed by atoms with Crippen LogP contribution in [0.3, 0.4) is 0 Å². The quantitative estimate of drug-likeness (QED) is 0.898. The van der Waals surface area contributed by atoms with Crippen molar-refractivity contribution in [3.05, 3.63) is 28.2 Å². The highest BCUT2D eigenvalue weighted by atomic mass is 35.5. The van der Waals surface area contributed by atoms with E-state index in [4.69, 9.17) is 33.7 Å². The summed E-state index contributed by atoms with van der Waals surface area (Å²) >= 11 is 11.9. The summed E-state index contributed by atoms with van der Waals surface area (Å²) in [7, 11) is 0. The highest BCUT2D eigenvalue weighted by Gasteiger charge is 2.29. The molecule has 0 unspecified atom stereocenters. The van der Waals surface area contributed by atoms with E-state index in [1.54, 1.807) is 23.1 Å². The molecule has 0 radical (unpaired) electrons. The summed E-state index contributed by atoms with van der Waals surface area (Å²) in [5.74, 6) is -0.199. The molecule has 1 aliphatic heterocycles. The molecule has 1 fully saturated rings. The molecule has 0 spiro atoms. The molecule has 0 aliphatic carbocycles. The largest absolute Gasteiger partial charge is 0.491 e. The number of nitrogens with two attached hydrogens (primary N) is 1. The zero-order valence-corrected chi connectivity index (χ0v) is 12.9. The van der Waals surface area contributed by atoms with Crippen LogP contribution in [0.15, 0.2) is 18.2 Å². The minimum absolute atomic E-state index is 0.0584. The lowest BCUT2D eigenvalue weighted by Gasteiger charge is -2.16. The molecule has 21 heavy (non-hydrogen) atoms. The van der Waals surface area contributed by atoms with Gasteiger partial charge in [0.2, 0.25) is 11.8 Å². The van der Waals surface area contributed by atoms with Gasteiger partial charge in [0, 0.05) is 13.1 Å². The first-order valence-corrected chi connectivity index (χ1v) is 7.38. The maximum atomic E-state index is 12.0. The van der Waals surface area contributed by atoms with Crippen LogP contribution in [-0.4, -0.2) is 36.4 Å². The van der Waals surface area contributed by atoms with Crippen LogP contribution in [0.1, 0.15) is 12.8 Å². The Morgan fingerprint density at radius 2 is 2.14 bits per heavy atom. The van der Waals surface area contributed by atoms with Crippen LogP contribution in [0.2, 0.25) is 10.0 Å². The van der Waals surface area contributed by atoms with E-state index in [1.165, 1.54) is 0 Å². The van der Waals surface area contributed by atoms with E-state index >= 15 is 0 Å². The average molecular weight is 331 g/mol. The van der Waals surface area contributed by atoms with Crippen molar-refractivity contribution in [2.45, 2.75) is 12.8 Å². The fourth-order valence-electron chi connectivity index (χ4n) is 2.22. The maximum Gasteiger partial charge on any atom is 0.226 e. The predicted octanol–water partition coefficient (Wildman–Crippen LogP) is 2.10. The summed E-state index contributed by atoms with van der Waals surface area (Å²) in [4.78, 5) is 24.7. The molecule has 114 valence electrons. The number of halogens is 2. The number of benzene rings is 1. The molecular weight excluding hydrogens is 315 g/mol. The van der Waals surface area contributed by atoms with E-state index < -0.39 is 0 Å². The molecule has 1 saturated heterocycles. The van der Waals surface area contributed by atoms with E-state index in [0.29, 0.717) is 35.3 Å². The Morgan fingerprint density at radius 1 is 1.38 bits per heavy atom. The third-order valence-electron chi connectivity index (χ3n) is 3.43. The topological polar surface area (TPSA) is 72.6 Å². The number of hydrogen-bond donors (Lipinski definition) is 1. The lowest BCUT2D eigenvalue weighted by Crippen LogP contribution is -2.32. The van der Waals surface area contributed by atoms with Crippen molar-refractivity contribution in [2.75, 3.05) is 19.7 Å². The van der Waals surface area contributed by atoms with Gasteiger partial charge in [0.15, 0.2) is 0 Å². The number of rotatable bonds is 5. The standard InChI is InChI=1S/C14H16Cl2N2O3/c15-10-2-1-3-11(13(10)16)21-7-5-12(19)18-6-4-9(8-18)14(17)20/h1-3,9H,4-8H2,(H2,17,20)/t9-/m1/s1. The zero-order valence-electron chi connectivity index (χ0n) is 11.4. The molecule has 0 bridgehead atoms. The molecule has 1 atom stereocenters. The highest BCUT2D eigenvalue weighted by molar-refractivity contribution is 6.42. The van der Waals surface area contributed by atoms with Crippen LogP contribution in [0.5, 0.6) is 5.75 Å². The second-order valence-corrected chi connectivity index (χ2v) is 5.66. The van der Waals surface area contributed by atoms with Gasteiger partial charge in [0.05, 0.1) is 24.0 Å². The van der Waals surface area contributed by atoms with Gasteiger partial charge in [-0.3, -0.25) is 9.59 Å². The summed E-state index contributed by atoms with van der Waals surface area (Å²) in [5, 5.41) is 0.742. The fraction of sp³-hybridized carbons (Fsp3) is 0.429. The molecule has 7 heteroatoms. The van der Waals surface area contributed by atoms with Crippen LogP contribution < -0.4 is 10.5 Å². The minimum Gasteiger partial charge on any atom is -0.491 e. The van der Waals surface area contributed by atoms with Crippen molar-refractivity contribution in [3.63, 3.8) is 0 Å². The van der Waals surface area contributed by atoms with Gasteiger partial charge >= 0.3 is 0 Å². The van der Waals surface area contributed by atoms with Crippen LogP contribution in [0.4, 0.5) is 0 Å². The average Bonchev–Trinajstić information content (AvgIpc) is 2.93. The molecule has 2 N–H and O–H groups in total. The van der Waals surface area contributed by atoms with Crippen LogP contribution in [0.25, 0.3) is 0 Å². The monoisotopic (exact) mass is 330 g/mol. The third-order valence-corrected chi connectivity index (χ3v) is 4.23. The van der Waals surface area contributed by atoms with Gasteiger partial charge in [-0.25, -0.2) is 0 Å². The summed E-state index contributed by atoms with van der Waals surface area (Å²) in [6.07, 6.45) is 0.844. The zero-order chi connectivity index (χ0) is 15.4. The normalized spacial score (nSPS) is 17.8. The molecule has 1 aromatic rings. The number of carbonyl (C=O) groups excluding carboxylic acids is 2. The molecular formula is C14H16Cl2N2O3. The number of likely N-dealkylation sites (tertiary alicyclic amines) is 1. The smallest absolute Gasteiger partial charge is 0.226 e. The first kappa shape index (κ1) is 15.9. The predicted molar refractivity (Wildman–Crippen MR) is 80.5 cm³/mol. The molecule has 2 amide bonds. The minimum atomic E-state index is -0.354. The number of carbonyl (C=O) groups is 2. The number of hydrogen-bond acceptors (Lipinski definition) is 3. The Kier molecular flexibility index (Phi) is 5.31. The summed E-state index contributed by atoms with van der Waals surface area (Å²) in [6.45, 7) is 1.16. The van der Waals surface area contributed by atoms with Crippen molar-refractivity contribution in [1.29, 1.82) is 0 Å². The molecule has 1 aliphatic rings. The SMILES string of the molecule is NC(=O)[C@@H]1CCN(C(=O)CCOc2cccc(Cl)c2Cl)C1. The first-order valence-electron chi connectivity index (χ1n) is 6.63. The Balaban J connectivity index is 1.80. The van der Waals surface area contributed by atoms with Crippen molar-refractivity contribution >= 4 is 35.0 Å². The second kappa shape index (κ2) is 7.00.